The van der Waals surface area contributed by atoms with E-state index in [4.69, 9.17) is 4.74 Å². The maximum absolute atomic E-state index is 12.4. The summed E-state index contributed by atoms with van der Waals surface area (Å²) in [6.45, 7) is 0.397. The molecule has 112 valence electrons. The van der Waals surface area contributed by atoms with Gasteiger partial charge >= 0.3 is 0 Å². The number of rotatable bonds is 4. The Morgan fingerprint density at radius 1 is 1.18 bits per heavy atom. The van der Waals surface area contributed by atoms with Crippen molar-refractivity contribution < 1.29 is 9.53 Å². The van der Waals surface area contributed by atoms with Crippen LogP contribution in [-0.4, -0.2) is 22.8 Å². The normalized spacial score (nSPS) is 10.6. The van der Waals surface area contributed by atoms with E-state index in [1.54, 1.807) is 11.8 Å². The number of carbonyl (C=O) groups excluding carboxylic acids is 1. The summed E-state index contributed by atoms with van der Waals surface area (Å²) < 4.78 is 7.00. The minimum atomic E-state index is -0.192. The number of aromatic nitrogens is 2. The highest BCUT2D eigenvalue weighted by Crippen LogP contribution is 2.19. The lowest BCUT2D eigenvalue weighted by Gasteiger charge is -2.08. The Morgan fingerprint density at radius 2 is 1.91 bits per heavy atom. The van der Waals surface area contributed by atoms with E-state index >= 15 is 0 Å². The van der Waals surface area contributed by atoms with Crippen LogP contribution >= 0.6 is 0 Å². The van der Waals surface area contributed by atoms with Gasteiger partial charge in [0.25, 0.3) is 5.91 Å². The van der Waals surface area contributed by atoms with E-state index in [2.05, 4.69) is 10.4 Å². The molecule has 0 saturated carbocycles. The number of aryl methyl sites for hydroxylation is 1. The van der Waals surface area contributed by atoms with Gasteiger partial charge in [-0.25, -0.2) is 0 Å². The molecule has 0 fully saturated rings. The highest BCUT2D eigenvalue weighted by Gasteiger charge is 2.15. The third-order valence-electron chi connectivity index (χ3n) is 3.60. The van der Waals surface area contributed by atoms with Gasteiger partial charge in [0.1, 0.15) is 5.75 Å². The van der Waals surface area contributed by atoms with Gasteiger partial charge in [-0.1, -0.05) is 36.4 Å². The number of nitrogens with one attached hydrogen (secondary N) is 1. The molecule has 0 radical (unpaired) electrons. The molecule has 0 aliphatic carbocycles. The minimum Gasteiger partial charge on any atom is -0.496 e. The second-order valence-electron chi connectivity index (χ2n) is 4.98. The number of ether oxygens (including phenoxy) is 1. The molecule has 0 atom stereocenters. The summed E-state index contributed by atoms with van der Waals surface area (Å²) in [7, 11) is 3.45. The molecule has 3 aromatic rings. The van der Waals surface area contributed by atoms with Gasteiger partial charge in [-0.2, -0.15) is 5.10 Å². The van der Waals surface area contributed by atoms with Crippen LogP contribution in [0.2, 0.25) is 0 Å². The summed E-state index contributed by atoms with van der Waals surface area (Å²) in [6.07, 6.45) is 0. The molecule has 0 unspecified atom stereocenters. The zero-order valence-corrected chi connectivity index (χ0v) is 12.5. The first-order valence-corrected chi connectivity index (χ1v) is 7.02. The molecule has 3 rings (SSSR count). The predicted molar refractivity (Wildman–Crippen MR) is 84.9 cm³/mol. The van der Waals surface area contributed by atoms with Gasteiger partial charge in [0.15, 0.2) is 5.69 Å². The van der Waals surface area contributed by atoms with Crippen molar-refractivity contribution in [1.29, 1.82) is 0 Å². The van der Waals surface area contributed by atoms with Crippen LogP contribution in [0.1, 0.15) is 16.1 Å². The van der Waals surface area contributed by atoms with E-state index in [-0.39, 0.29) is 5.91 Å². The standard InChI is InChI=1S/C17H17N3O2/c1-20-14-9-5-4-8-13(14)16(19-20)17(21)18-11-12-7-3-6-10-15(12)22-2/h3-10H,11H2,1-2H3,(H,18,21). The average Bonchev–Trinajstić information content (AvgIpc) is 2.90. The second kappa shape index (κ2) is 5.89. The monoisotopic (exact) mass is 295 g/mol. The SMILES string of the molecule is COc1ccccc1CNC(=O)c1nn(C)c2ccccc12. The lowest BCUT2D eigenvalue weighted by molar-refractivity contribution is 0.0946. The van der Waals surface area contributed by atoms with Crippen LogP contribution in [-0.2, 0) is 13.6 Å². The highest BCUT2D eigenvalue weighted by atomic mass is 16.5. The first-order valence-electron chi connectivity index (χ1n) is 7.02. The van der Waals surface area contributed by atoms with E-state index in [1.165, 1.54) is 0 Å². The van der Waals surface area contributed by atoms with Gasteiger partial charge in [-0.3, -0.25) is 9.48 Å². The second-order valence-corrected chi connectivity index (χ2v) is 4.98. The number of carbonyl (C=O) groups is 1. The number of hydrogen-bond acceptors (Lipinski definition) is 3. The number of nitrogens with zero attached hydrogens (tertiary/aromatic N) is 2. The maximum atomic E-state index is 12.4. The molecule has 0 aliphatic rings. The van der Waals surface area contributed by atoms with Crippen LogP contribution in [0.3, 0.4) is 0 Å². The Bertz CT molecular complexity index is 824. The van der Waals surface area contributed by atoms with Gasteiger partial charge in [0.05, 0.1) is 12.6 Å². The molecule has 0 bridgehead atoms. The largest absolute Gasteiger partial charge is 0.496 e. The molecule has 22 heavy (non-hydrogen) atoms. The molecule has 5 heteroatoms. The van der Waals surface area contributed by atoms with Crippen molar-refractivity contribution in [1.82, 2.24) is 15.1 Å². The molecule has 2 aromatic carbocycles. The summed E-state index contributed by atoms with van der Waals surface area (Å²) in [5.74, 6) is 0.566. The van der Waals surface area contributed by atoms with Crippen LogP contribution in [0.5, 0.6) is 5.75 Å². The molecule has 1 N–H and O–H groups in total. The van der Waals surface area contributed by atoms with Crippen LogP contribution in [0.15, 0.2) is 48.5 Å². The maximum Gasteiger partial charge on any atom is 0.272 e. The molecule has 1 amide bonds. The average molecular weight is 295 g/mol. The van der Waals surface area contributed by atoms with Gasteiger partial charge in [0.2, 0.25) is 0 Å². The summed E-state index contributed by atoms with van der Waals surface area (Å²) in [6, 6.07) is 15.3. The smallest absolute Gasteiger partial charge is 0.272 e. The molecular formula is C17H17N3O2. The molecular weight excluding hydrogens is 278 g/mol. The van der Waals surface area contributed by atoms with Crippen LogP contribution in [0.25, 0.3) is 10.9 Å². The fraction of sp³-hybridized carbons (Fsp3) is 0.176. The Labute approximate surface area is 128 Å². The summed E-state index contributed by atoms with van der Waals surface area (Å²) in [4.78, 5) is 12.4. The van der Waals surface area contributed by atoms with Crippen molar-refractivity contribution in [3.63, 3.8) is 0 Å². The Morgan fingerprint density at radius 3 is 2.73 bits per heavy atom. The fourth-order valence-corrected chi connectivity index (χ4v) is 2.49. The van der Waals surface area contributed by atoms with Crippen molar-refractivity contribution in [2.24, 2.45) is 7.05 Å². The lowest BCUT2D eigenvalue weighted by atomic mass is 10.2. The van der Waals surface area contributed by atoms with Crippen LogP contribution in [0.4, 0.5) is 0 Å². The molecule has 1 heterocycles. The topological polar surface area (TPSA) is 56.1 Å². The van der Waals surface area contributed by atoms with Gasteiger partial charge in [0, 0.05) is 24.5 Å². The number of para-hydroxylation sites is 2. The zero-order valence-electron chi connectivity index (χ0n) is 12.5. The number of benzene rings is 2. The van der Waals surface area contributed by atoms with Gasteiger partial charge in [-0.15, -0.1) is 0 Å². The Balaban J connectivity index is 1.82. The molecule has 0 aliphatic heterocycles. The molecule has 5 nitrogen and oxygen atoms in total. The van der Waals surface area contributed by atoms with Crippen molar-refractivity contribution in [2.75, 3.05) is 7.11 Å². The van der Waals surface area contributed by atoms with E-state index in [9.17, 15) is 4.79 Å². The molecule has 0 saturated heterocycles. The zero-order chi connectivity index (χ0) is 15.5. The number of hydrogen-bond donors (Lipinski definition) is 1. The van der Waals surface area contributed by atoms with Crippen molar-refractivity contribution >= 4 is 16.8 Å². The number of amides is 1. The summed E-state index contributed by atoms with van der Waals surface area (Å²) in [5.41, 5.74) is 2.30. The Kier molecular flexibility index (Phi) is 3.78. The lowest BCUT2D eigenvalue weighted by Crippen LogP contribution is -2.23. The van der Waals surface area contributed by atoms with Crippen molar-refractivity contribution in [3.8, 4) is 5.75 Å². The van der Waals surface area contributed by atoms with E-state index < -0.39 is 0 Å². The van der Waals surface area contributed by atoms with Gasteiger partial charge < -0.3 is 10.1 Å². The predicted octanol–water partition coefficient (Wildman–Crippen LogP) is 2.51. The summed E-state index contributed by atoms with van der Waals surface area (Å²) >= 11 is 0. The minimum absolute atomic E-state index is 0.192. The van der Waals surface area contributed by atoms with E-state index in [0.29, 0.717) is 12.2 Å². The van der Waals surface area contributed by atoms with Crippen molar-refractivity contribution in [3.05, 3.63) is 59.8 Å². The van der Waals surface area contributed by atoms with E-state index in [1.807, 2.05) is 55.6 Å². The quantitative estimate of drug-likeness (QED) is 0.804. The molecule has 0 spiro atoms. The van der Waals surface area contributed by atoms with E-state index in [0.717, 1.165) is 22.2 Å². The number of fused-ring (bicyclic) bond motifs is 1. The fourth-order valence-electron chi connectivity index (χ4n) is 2.49. The first-order chi connectivity index (χ1) is 10.7. The third-order valence-corrected chi connectivity index (χ3v) is 3.60. The van der Waals surface area contributed by atoms with Crippen molar-refractivity contribution in [2.45, 2.75) is 6.54 Å². The number of methoxy groups -OCH3 is 1. The molecule has 1 aromatic heterocycles. The summed E-state index contributed by atoms with van der Waals surface area (Å²) in [5, 5.41) is 8.07. The van der Waals surface area contributed by atoms with Crippen LogP contribution < -0.4 is 10.1 Å². The first kappa shape index (κ1) is 14.1. The van der Waals surface area contributed by atoms with Gasteiger partial charge in [-0.05, 0) is 12.1 Å². The highest BCUT2D eigenvalue weighted by molar-refractivity contribution is 6.04. The van der Waals surface area contributed by atoms with Crippen LogP contribution in [0, 0.1) is 0 Å². The third kappa shape index (κ3) is 2.53. The Hall–Kier alpha value is -2.82.